The molecule has 106 valence electrons. The van der Waals surface area contributed by atoms with Crippen LogP contribution in [0.1, 0.15) is 19.4 Å². The van der Waals surface area contributed by atoms with Crippen molar-refractivity contribution in [1.82, 2.24) is 0 Å². The Kier molecular flexibility index (Phi) is 3.48. The summed E-state index contributed by atoms with van der Waals surface area (Å²) in [6, 6.07) is 12.1. The monoisotopic (exact) mass is 280 g/mol. The highest BCUT2D eigenvalue weighted by Gasteiger charge is 2.17. The molecule has 0 N–H and O–H groups in total. The molecule has 3 heteroatoms. The summed E-state index contributed by atoms with van der Waals surface area (Å²) in [5, 5.41) is 2.30. The van der Waals surface area contributed by atoms with E-state index in [4.69, 9.17) is 9.47 Å². The molecule has 0 spiro atoms. The number of allylic oxidation sites excluding steroid dienone is 1. The molecule has 0 atom stereocenters. The highest BCUT2D eigenvalue weighted by atomic mass is 16.5. The molecule has 2 aromatic carbocycles. The first kappa shape index (κ1) is 13.4. The fraction of sp³-hybridized carbons (Fsp3) is 0.167. The number of rotatable bonds is 2. The summed E-state index contributed by atoms with van der Waals surface area (Å²) in [6.45, 7) is 3.85. The van der Waals surface area contributed by atoms with Crippen LogP contribution in [0.25, 0.3) is 16.8 Å². The van der Waals surface area contributed by atoms with Crippen molar-refractivity contribution in [3.63, 3.8) is 0 Å². The number of hydrogen-bond acceptors (Lipinski definition) is 3. The maximum Gasteiger partial charge on any atom is 0.337 e. The molecule has 1 heterocycles. The maximum atomic E-state index is 11.8. The van der Waals surface area contributed by atoms with Gasteiger partial charge in [0.25, 0.3) is 0 Å². The summed E-state index contributed by atoms with van der Waals surface area (Å²) in [7, 11) is 0. The van der Waals surface area contributed by atoms with Crippen LogP contribution >= 0.6 is 0 Å². The second-order valence-corrected chi connectivity index (χ2v) is 4.84. The van der Waals surface area contributed by atoms with E-state index in [1.807, 2.05) is 36.4 Å². The SMILES string of the molecule is CCOC(=O)/C(C)=C1\C=Cc2c(ccc3ccccc23)O1. The molecule has 0 aliphatic carbocycles. The van der Waals surface area contributed by atoms with Gasteiger partial charge in [0.15, 0.2) is 0 Å². The lowest BCUT2D eigenvalue weighted by Crippen LogP contribution is -2.11. The van der Waals surface area contributed by atoms with Gasteiger partial charge in [-0.05, 0) is 42.8 Å². The predicted molar refractivity (Wildman–Crippen MR) is 82.9 cm³/mol. The third kappa shape index (κ3) is 2.42. The molecule has 0 bridgehead atoms. The number of carbonyl (C=O) groups excluding carboxylic acids is 1. The summed E-state index contributed by atoms with van der Waals surface area (Å²) in [5.74, 6) is 0.951. The molecule has 1 aliphatic rings. The van der Waals surface area contributed by atoms with Gasteiger partial charge in [0.2, 0.25) is 0 Å². The second-order valence-electron chi connectivity index (χ2n) is 4.84. The third-order valence-corrected chi connectivity index (χ3v) is 3.50. The smallest absolute Gasteiger partial charge is 0.337 e. The largest absolute Gasteiger partial charge is 0.463 e. The molecule has 0 saturated carbocycles. The van der Waals surface area contributed by atoms with Crippen LogP contribution in [0.15, 0.2) is 53.8 Å². The van der Waals surface area contributed by atoms with Crippen molar-refractivity contribution in [3.05, 3.63) is 59.4 Å². The third-order valence-electron chi connectivity index (χ3n) is 3.50. The Hall–Kier alpha value is -2.55. The van der Waals surface area contributed by atoms with Gasteiger partial charge in [0.05, 0.1) is 12.2 Å². The Labute approximate surface area is 123 Å². The van der Waals surface area contributed by atoms with E-state index in [0.29, 0.717) is 17.9 Å². The van der Waals surface area contributed by atoms with Gasteiger partial charge < -0.3 is 9.47 Å². The van der Waals surface area contributed by atoms with E-state index in [2.05, 4.69) is 12.1 Å². The molecular weight excluding hydrogens is 264 g/mol. The number of hydrogen-bond donors (Lipinski definition) is 0. The van der Waals surface area contributed by atoms with E-state index in [0.717, 1.165) is 16.7 Å². The Morgan fingerprint density at radius 3 is 2.76 bits per heavy atom. The van der Waals surface area contributed by atoms with Crippen molar-refractivity contribution in [2.24, 2.45) is 0 Å². The number of fused-ring (bicyclic) bond motifs is 3. The van der Waals surface area contributed by atoms with Crippen LogP contribution < -0.4 is 4.74 Å². The highest BCUT2D eigenvalue weighted by Crippen LogP contribution is 2.34. The zero-order valence-electron chi connectivity index (χ0n) is 12.1. The molecule has 3 nitrogen and oxygen atoms in total. The normalized spacial score (nSPS) is 15.3. The second kappa shape index (κ2) is 5.44. The Balaban J connectivity index is 2.04. The van der Waals surface area contributed by atoms with Crippen LogP contribution in [0, 0.1) is 0 Å². The summed E-state index contributed by atoms with van der Waals surface area (Å²) in [4.78, 5) is 11.8. The first-order valence-electron chi connectivity index (χ1n) is 6.96. The van der Waals surface area contributed by atoms with Crippen molar-refractivity contribution in [3.8, 4) is 5.75 Å². The highest BCUT2D eigenvalue weighted by molar-refractivity contribution is 5.95. The van der Waals surface area contributed by atoms with Crippen LogP contribution in [0.2, 0.25) is 0 Å². The number of esters is 1. The fourth-order valence-electron chi connectivity index (χ4n) is 2.39. The molecular formula is C18H16O3. The minimum absolute atomic E-state index is 0.346. The van der Waals surface area contributed by atoms with Crippen LogP contribution in [-0.2, 0) is 9.53 Å². The molecule has 0 unspecified atom stereocenters. The van der Waals surface area contributed by atoms with Crippen molar-refractivity contribution in [1.29, 1.82) is 0 Å². The maximum absolute atomic E-state index is 11.8. The van der Waals surface area contributed by atoms with Gasteiger partial charge in [0.1, 0.15) is 11.5 Å². The van der Waals surface area contributed by atoms with E-state index >= 15 is 0 Å². The minimum Gasteiger partial charge on any atom is -0.463 e. The first-order chi connectivity index (χ1) is 10.2. The van der Waals surface area contributed by atoms with Crippen molar-refractivity contribution in [2.75, 3.05) is 6.61 Å². The molecule has 0 amide bonds. The van der Waals surface area contributed by atoms with Crippen LogP contribution in [0.4, 0.5) is 0 Å². The van der Waals surface area contributed by atoms with Crippen molar-refractivity contribution < 1.29 is 14.3 Å². The average Bonchev–Trinajstić information content (AvgIpc) is 2.53. The van der Waals surface area contributed by atoms with Crippen molar-refractivity contribution >= 4 is 22.8 Å². The molecule has 3 rings (SSSR count). The van der Waals surface area contributed by atoms with Gasteiger partial charge in [0, 0.05) is 5.56 Å². The van der Waals surface area contributed by atoms with E-state index in [1.165, 1.54) is 5.39 Å². The minimum atomic E-state index is -0.346. The van der Waals surface area contributed by atoms with Gasteiger partial charge in [-0.2, -0.15) is 0 Å². The summed E-state index contributed by atoms with van der Waals surface area (Å²) in [5.41, 5.74) is 1.51. The van der Waals surface area contributed by atoms with E-state index < -0.39 is 0 Å². The lowest BCUT2D eigenvalue weighted by atomic mass is 10.0. The van der Waals surface area contributed by atoms with Crippen LogP contribution in [0.3, 0.4) is 0 Å². The predicted octanol–water partition coefficient (Wildman–Crippen LogP) is 4.08. The first-order valence-corrected chi connectivity index (χ1v) is 6.96. The molecule has 0 radical (unpaired) electrons. The zero-order valence-corrected chi connectivity index (χ0v) is 12.1. The van der Waals surface area contributed by atoms with Gasteiger partial charge >= 0.3 is 5.97 Å². The van der Waals surface area contributed by atoms with Gasteiger partial charge in [-0.3, -0.25) is 0 Å². The lowest BCUT2D eigenvalue weighted by molar-refractivity contribution is -0.138. The lowest BCUT2D eigenvalue weighted by Gasteiger charge is -2.18. The molecule has 0 saturated heterocycles. The Bertz CT molecular complexity index is 769. The zero-order chi connectivity index (χ0) is 14.8. The van der Waals surface area contributed by atoms with Crippen molar-refractivity contribution in [2.45, 2.75) is 13.8 Å². The number of benzene rings is 2. The summed E-state index contributed by atoms with van der Waals surface area (Å²) < 4.78 is 10.9. The quantitative estimate of drug-likeness (QED) is 0.614. The molecule has 0 fully saturated rings. The van der Waals surface area contributed by atoms with Crippen LogP contribution in [0.5, 0.6) is 5.75 Å². The van der Waals surface area contributed by atoms with Gasteiger partial charge in [-0.1, -0.05) is 30.3 Å². The fourth-order valence-corrected chi connectivity index (χ4v) is 2.39. The Morgan fingerprint density at radius 2 is 1.95 bits per heavy atom. The topological polar surface area (TPSA) is 35.5 Å². The molecule has 21 heavy (non-hydrogen) atoms. The van der Waals surface area contributed by atoms with Crippen LogP contribution in [-0.4, -0.2) is 12.6 Å². The molecule has 0 aromatic heterocycles. The average molecular weight is 280 g/mol. The van der Waals surface area contributed by atoms with E-state index in [-0.39, 0.29) is 5.97 Å². The molecule has 1 aliphatic heterocycles. The number of ether oxygens (including phenoxy) is 2. The Morgan fingerprint density at radius 1 is 1.14 bits per heavy atom. The van der Waals surface area contributed by atoms with E-state index in [1.54, 1.807) is 13.8 Å². The number of carbonyl (C=O) groups is 1. The molecule has 2 aromatic rings. The van der Waals surface area contributed by atoms with Gasteiger partial charge in [-0.25, -0.2) is 4.79 Å². The van der Waals surface area contributed by atoms with E-state index in [9.17, 15) is 4.79 Å². The van der Waals surface area contributed by atoms with Gasteiger partial charge in [-0.15, -0.1) is 0 Å². The standard InChI is InChI=1S/C18H16O3/c1-3-20-18(19)12(2)16-11-9-15-14-7-5-4-6-13(14)8-10-17(15)21-16/h4-11H,3H2,1-2H3/b16-12+. The summed E-state index contributed by atoms with van der Waals surface area (Å²) in [6.07, 6.45) is 3.81. The summed E-state index contributed by atoms with van der Waals surface area (Å²) >= 11 is 0.